The molecule has 9 nitrogen and oxygen atoms in total. The van der Waals surface area contributed by atoms with E-state index in [1.54, 1.807) is 12.1 Å². The van der Waals surface area contributed by atoms with Crippen LogP contribution in [0.2, 0.25) is 0 Å². The molecule has 2 amide bonds. The zero-order chi connectivity index (χ0) is 21.8. The molecule has 2 aromatic carbocycles. The quantitative estimate of drug-likeness (QED) is 0.247. The average molecular weight is 423 g/mol. The van der Waals surface area contributed by atoms with Gasteiger partial charge in [0.2, 0.25) is 0 Å². The van der Waals surface area contributed by atoms with Crippen LogP contribution in [0.25, 0.3) is 11.0 Å². The zero-order valence-corrected chi connectivity index (χ0v) is 16.2. The third kappa shape index (κ3) is 4.62. The van der Waals surface area contributed by atoms with Crippen molar-refractivity contribution in [3.63, 3.8) is 0 Å². The highest BCUT2D eigenvalue weighted by molar-refractivity contribution is 6.03. The van der Waals surface area contributed by atoms with Crippen molar-refractivity contribution in [2.45, 2.75) is 19.4 Å². The maximum atomic E-state index is 12.2. The monoisotopic (exact) mass is 423 g/mol. The van der Waals surface area contributed by atoms with Crippen molar-refractivity contribution < 1.29 is 33.1 Å². The Labute approximate surface area is 175 Å². The fourth-order valence-corrected chi connectivity index (χ4v) is 2.96. The summed E-state index contributed by atoms with van der Waals surface area (Å²) >= 11 is 0. The Morgan fingerprint density at radius 3 is 2.45 bits per heavy atom. The molecule has 1 fully saturated rings. The largest absolute Gasteiger partial charge is 0.467 e. The number of carbonyl (C=O) groups is 3. The number of amides is 2. The van der Waals surface area contributed by atoms with Crippen LogP contribution in [0.15, 0.2) is 63.8 Å². The van der Waals surface area contributed by atoms with Crippen molar-refractivity contribution in [3.8, 4) is 5.75 Å². The van der Waals surface area contributed by atoms with E-state index in [0.717, 1.165) is 5.56 Å². The second kappa shape index (κ2) is 8.80. The minimum absolute atomic E-state index is 0.00701. The van der Waals surface area contributed by atoms with Crippen LogP contribution in [0.3, 0.4) is 0 Å². The first-order valence-corrected chi connectivity index (χ1v) is 9.42. The third-order valence-corrected chi connectivity index (χ3v) is 4.53. The van der Waals surface area contributed by atoms with E-state index in [4.69, 9.17) is 18.7 Å². The van der Waals surface area contributed by atoms with E-state index in [0.29, 0.717) is 22.8 Å². The summed E-state index contributed by atoms with van der Waals surface area (Å²) in [6.07, 6.45) is -0.0907. The van der Waals surface area contributed by atoms with Gasteiger partial charge in [0.25, 0.3) is 11.8 Å². The summed E-state index contributed by atoms with van der Waals surface area (Å²) < 4.78 is 16.1. The molecule has 1 aliphatic heterocycles. The van der Waals surface area contributed by atoms with E-state index in [2.05, 4.69) is 0 Å². The van der Waals surface area contributed by atoms with E-state index in [1.807, 2.05) is 30.3 Å². The van der Waals surface area contributed by atoms with E-state index < -0.39 is 29.0 Å². The molecular weight excluding hydrogens is 406 g/mol. The Morgan fingerprint density at radius 1 is 0.968 bits per heavy atom. The van der Waals surface area contributed by atoms with Crippen molar-refractivity contribution in [2.75, 3.05) is 6.79 Å². The Kier molecular flexibility index (Phi) is 5.76. The molecule has 2 heterocycles. The molecule has 1 saturated heterocycles. The topological polar surface area (TPSA) is 112 Å². The van der Waals surface area contributed by atoms with Gasteiger partial charge < -0.3 is 18.7 Å². The molecule has 0 saturated carbocycles. The van der Waals surface area contributed by atoms with E-state index in [-0.39, 0.29) is 25.2 Å². The van der Waals surface area contributed by atoms with Crippen LogP contribution in [-0.4, -0.2) is 29.6 Å². The SMILES string of the molecule is O=C(ON1C(=O)CCC1=O)c1cc2ccc(OCOCc3ccccc3)cc2oc1=O. The van der Waals surface area contributed by atoms with Crippen LogP contribution in [-0.2, 0) is 25.8 Å². The molecule has 1 aromatic heterocycles. The highest BCUT2D eigenvalue weighted by Gasteiger charge is 2.34. The van der Waals surface area contributed by atoms with Crippen LogP contribution < -0.4 is 10.4 Å². The number of hydroxylamine groups is 2. The zero-order valence-electron chi connectivity index (χ0n) is 16.2. The third-order valence-electron chi connectivity index (χ3n) is 4.53. The summed E-state index contributed by atoms with van der Waals surface area (Å²) in [5, 5.41) is 0.807. The molecule has 4 rings (SSSR count). The lowest BCUT2D eigenvalue weighted by atomic mass is 10.2. The lowest BCUT2D eigenvalue weighted by Gasteiger charge is -2.12. The van der Waals surface area contributed by atoms with Gasteiger partial charge in [0.1, 0.15) is 16.9 Å². The number of hydrogen-bond donors (Lipinski definition) is 0. The number of rotatable bonds is 7. The molecule has 0 spiro atoms. The minimum atomic E-state index is -1.14. The van der Waals surface area contributed by atoms with Crippen LogP contribution >= 0.6 is 0 Å². The van der Waals surface area contributed by atoms with Gasteiger partial charge in [-0.25, -0.2) is 9.59 Å². The highest BCUT2D eigenvalue weighted by Crippen LogP contribution is 2.21. The van der Waals surface area contributed by atoms with E-state index in [9.17, 15) is 19.2 Å². The Balaban J connectivity index is 1.42. The van der Waals surface area contributed by atoms with Crippen LogP contribution in [0.4, 0.5) is 0 Å². The van der Waals surface area contributed by atoms with E-state index >= 15 is 0 Å². The minimum Gasteiger partial charge on any atom is -0.467 e. The summed E-state index contributed by atoms with van der Waals surface area (Å²) in [5.74, 6) is -2.01. The van der Waals surface area contributed by atoms with Crippen molar-refractivity contribution in [2.24, 2.45) is 0 Å². The van der Waals surface area contributed by atoms with Crippen LogP contribution in [0.1, 0.15) is 28.8 Å². The van der Waals surface area contributed by atoms with Gasteiger partial charge in [-0.1, -0.05) is 30.3 Å². The van der Waals surface area contributed by atoms with Crippen molar-refractivity contribution >= 4 is 28.8 Å². The molecular formula is C22H17NO8. The summed E-state index contributed by atoms with van der Waals surface area (Å²) in [7, 11) is 0. The second-order valence-corrected chi connectivity index (χ2v) is 6.70. The Bertz CT molecular complexity index is 1190. The highest BCUT2D eigenvalue weighted by atomic mass is 16.7. The average Bonchev–Trinajstić information content (AvgIpc) is 3.09. The molecule has 1 aliphatic rings. The number of benzene rings is 2. The van der Waals surface area contributed by atoms with Gasteiger partial charge >= 0.3 is 11.6 Å². The first kappa shape index (κ1) is 20.3. The number of imide groups is 1. The number of fused-ring (bicyclic) bond motifs is 1. The summed E-state index contributed by atoms with van der Waals surface area (Å²) in [4.78, 5) is 52.4. The molecule has 0 N–H and O–H groups in total. The van der Waals surface area contributed by atoms with Crippen LogP contribution in [0, 0.1) is 0 Å². The standard InChI is InChI=1S/C22H17NO8/c24-19-8-9-20(25)23(19)31-22(27)17-10-15-6-7-16(11-18(15)30-21(17)26)29-13-28-12-14-4-2-1-3-5-14/h1-7,10-11H,8-9,12-13H2. The van der Waals surface area contributed by atoms with Gasteiger partial charge in [-0.2, -0.15) is 0 Å². The molecule has 0 unspecified atom stereocenters. The van der Waals surface area contributed by atoms with Gasteiger partial charge in [0.05, 0.1) is 6.61 Å². The van der Waals surface area contributed by atoms with Gasteiger partial charge in [0.15, 0.2) is 6.79 Å². The molecule has 3 aromatic rings. The fraction of sp³-hybridized carbons (Fsp3) is 0.182. The number of hydrogen-bond acceptors (Lipinski definition) is 8. The molecule has 0 aliphatic carbocycles. The predicted molar refractivity (Wildman–Crippen MR) is 106 cm³/mol. The number of ether oxygens (including phenoxy) is 2. The smallest absolute Gasteiger partial charge is 0.371 e. The van der Waals surface area contributed by atoms with Crippen molar-refractivity contribution in [1.29, 1.82) is 0 Å². The predicted octanol–water partition coefficient (Wildman–Crippen LogP) is 2.57. The number of carbonyl (C=O) groups excluding carboxylic acids is 3. The van der Waals surface area contributed by atoms with Gasteiger partial charge in [-0.15, -0.1) is 5.06 Å². The number of nitrogens with zero attached hydrogens (tertiary/aromatic N) is 1. The Hall–Kier alpha value is -3.98. The van der Waals surface area contributed by atoms with Crippen LogP contribution in [0.5, 0.6) is 5.75 Å². The normalized spacial score (nSPS) is 13.6. The van der Waals surface area contributed by atoms with Gasteiger partial charge in [0, 0.05) is 24.3 Å². The van der Waals surface area contributed by atoms with Gasteiger partial charge in [-0.05, 0) is 23.8 Å². The summed E-state index contributed by atoms with van der Waals surface area (Å²) in [6, 6.07) is 15.6. The maximum absolute atomic E-state index is 12.2. The molecule has 31 heavy (non-hydrogen) atoms. The second-order valence-electron chi connectivity index (χ2n) is 6.70. The van der Waals surface area contributed by atoms with Crippen molar-refractivity contribution in [1.82, 2.24) is 5.06 Å². The molecule has 158 valence electrons. The summed E-state index contributed by atoms with van der Waals surface area (Å²) in [6.45, 7) is 0.379. The lowest BCUT2D eigenvalue weighted by molar-refractivity contribution is -0.172. The Morgan fingerprint density at radius 2 is 1.71 bits per heavy atom. The van der Waals surface area contributed by atoms with Gasteiger partial charge in [-0.3, -0.25) is 9.59 Å². The van der Waals surface area contributed by atoms with Crippen molar-refractivity contribution in [3.05, 3.63) is 76.1 Å². The first-order valence-electron chi connectivity index (χ1n) is 9.42. The first-order chi connectivity index (χ1) is 15.0. The van der Waals surface area contributed by atoms with E-state index in [1.165, 1.54) is 12.1 Å². The lowest BCUT2D eigenvalue weighted by Crippen LogP contribution is -2.33. The molecule has 0 atom stereocenters. The summed E-state index contributed by atoms with van der Waals surface area (Å²) in [5.41, 5.74) is -0.197. The fourth-order valence-electron chi connectivity index (χ4n) is 2.96. The molecule has 0 bridgehead atoms. The molecule has 0 radical (unpaired) electrons. The molecule has 9 heteroatoms. The maximum Gasteiger partial charge on any atom is 0.371 e.